The summed E-state index contributed by atoms with van der Waals surface area (Å²) < 4.78 is 5.01. The van der Waals surface area contributed by atoms with Crippen LogP contribution in [0, 0.1) is 17.8 Å². The van der Waals surface area contributed by atoms with Gasteiger partial charge in [0, 0.05) is 11.5 Å². The van der Waals surface area contributed by atoms with Gasteiger partial charge in [-0.05, 0) is 19.3 Å². The number of carboxylic acids is 1. The topological polar surface area (TPSA) is 97.7 Å². The van der Waals surface area contributed by atoms with Gasteiger partial charge in [-0.15, -0.1) is 0 Å². The van der Waals surface area contributed by atoms with Crippen molar-refractivity contribution in [3.63, 3.8) is 0 Å². The highest BCUT2D eigenvalue weighted by Gasteiger charge is 2.43. The minimum absolute atomic E-state index is 0.241. The van der Waals surface area contributed by atoms with Gasteiger partial charge in [-0.2, -0.15) is 0 Å². The van der Waals surface area contributed by atoms with E-state index >= 15 is 0 Å². The second-order valence-corrected chi connectivity index (χ2v) is 5.96. The molecule has 0 radical (unpaired) electrons. The lowest BCUT2D eigenvalue weighted by Gasteiger charge is -2.33. The van der Waals surface area contributed by atoms with Gasteiger partial charge in [0.2, 0.25) is 0 Å². The number of Topliss-reactive ketones (excluding diaryl/α,β-unsaturated/α-hetero) is 2. The Hall–Kier alpha value is -2.50. The van der Waals surface area contributed by atoms with Crippen molar-refractivity contribution >= 4 is 23.5 Å². The molecule has 0 aromatic heterocycles. The van der Waals surface area contributed by atoms with Crippen LogP contribution in [0.3, 0.4) is 0 Å². The highest BCUT2D eigenvalue weighted by Crippen LogP contribution is 2.37. The Morgan fingerprint density at radius 2 is 1.75 bits per heavy atom. The molecule has 6 nitrogen and oxygen atoms in total. The Morgan fingerprint density at radius 1 is 1.12 bits per heavy atom. The van der Waals surface area contributed by atoms with Gasteiger partial charge in [0.1, 0.15) is 11.7 Å². The largest absolute Gasteiger partial charge is 0.481 e. The number of aliphatic carboxylic acids is 1. The number of ketones is 2. The molecule has 1 aromatic rings. The molecule has 0 aliphatic heterocycles. The first kappa shape index (κ1) is 17.8. The summed E-state index contributed by atoms with van der Waals surface area (Å²) in [5.41, 5.74) is 0.471. The third kappa shape index (κ3) is 4.07. The lowest BCUT2D eigenvalue weighted by atomic mass is 9.70. The monoisotopic (exact) mass is 332 g/mol. The molecule has 24 heavy (non-hydrogen) atoms. The number of hydrogen-bond donors (Lipinski definition) is 1. The molecule has 1 aliphatic rings. The van der Waals surface area contributed by atoms with Crippen LogP contribution in [0.15, 0.2) is 30.3 Å². The molecular formula is C18H20O6. The number of rotatable bonds is 8. The standard InChI is InChI=1S/C18H20O6/c1-2-14(17(21)22)16(20)12-8-13(9-12)18(23)24-10-15(19)11-6-4-3-5-7-11/h3-7,12-14H,2,8-10H2,1H3,(H,21,22). The van der Waals surface area contributed by atoms with Gasteiger partial charge in [0.15, 0.2) is 12.4 Å². The van der Waals surface area contributed by atoms with E-state index < -0.39 is 29.7 Å². The molecule has 1 aliphatic carbocycles. The lowest BCUT2D eigenvalue weighted by molar-refractivity contribution is -0.155. The number of ether oxygens (including phenoxy) is 1. The fourth-order valence-electron chi connectivity index (χ4n) is 2.79. The minimum Gasteiger partial charge on any atom is -0.481 e. The number of carbonyl (C=O) groups is 4. The molecule has 128 valence electrons. The number of carboxylic acid groups (broad SMARTS) is 1. The lowest BCUT2D eigenvalue weighted by Crippen LogP contribution is -2.41. The van der Waals surface area contributed by atoms with Crippen molar-refractivity contribution in [2.45, 2.75) is 26.2 Å². The van der Waals surface area contributed by atoms with Crippen LogP contribution < -0.4 is 0 Å². The minimum atomic E-state index is -1.12. The molecule has 0 saturated heterocycles. The Balaban J connectivity index is 1.77. The number of benzene rings is 1. The van der Waals surface area contributed by atoms with Crippen molar-refractivity contribution in [3.05, 3.63) is 35.9 Å². The fourth-order valence-corrected chi connectivity index (χ4v) is 2.79. The van der Waals surface area contributed by atoms with Crippen LogP contribution in [0.4, 0.5) is 0 Å². The van der Waals surface area contributed by atoms with Gasteiger partial charge in [-0.1, -0.05) is 37.3 Å². The average molecular weight is 332 g/mol. The van der Waals surface area contributed by atoms with Crippen LogP contribution >= 0.6 is 0 Å². The Labute approximate surface area is 139 Å². The molecule has 0 bridgehead atoms. The zero-order valence-electron chi connectivity index (χ0n) is 13.4. The molecule has 1 atom stereocenters. The third-order valence-corrected chi connectivity index (χ3v) is 4.36. The normalized spacial score (nSPS) is 20.5. The van der Waals surface area contributed by atoms with E-state index in [1.165, 1.54) is 0 Å². The van der Waals surface area contributed by atoms with E-state index in [-0.39, 0.29) is 24.6 Å². The van der Waals surface area contributed by atoms with E-state index in [2.05, 4.69) is 0 Å². The zero-order chi connectivity index (χ0) is 17.7. The van der Waals surface area contributed by atoms with Crippen molar-refractivity contribution in [3.8, 4) is 0 Å². The van der Waals surface area contributed by atoms with E-state index in [1.54, 1.807) is 37.3 Å². The summed E-state index contributed by atoms with van der Waals surface area (Å²) in [6.45, 7) is 1.32. The van der Waals surface area contributed by atoms with Crippen molar-refractivity contribution < 1.29 is 29.0 Å². The third-order valence-electron chi connectivity index (χ3n) is 4.36. The highest BCUT2D eigenvalue weighted by molar-refractivity contribution is 6.00. The van der Waals surface area contributed by atoms with E-state index in [0.29, 0.717) is 18.4 Å². The van der Waals surface area contributed by atoms with E-state index in [4.69, 9.17) is 9.84 Å². The summed E-state index contributed by atoms with van der Waals surface area (Å²) in [4.78, 5) is 46.8. The van der Waals surface area contributed by atoms with Gasteiger partial charge in [0.25, 0.3) is 0 Å². The number of esters is 1. The predicted octanol–water partition coefficient (Wildman–Crippen LogP) is 2.12. The maximum atomic E-state index is 12.0. The van der Waals surface area contributed by atoms with E-state index in [9.17, 15) is 19.2 Å². The van der Waals surface area contributed by atoms with Gasteiger partial charge in [-0.3, -0.25) is 19.2 Å². The summed E-state index contributed by atoms with van der Waals surface area (Å²) in [7, 11) is 0. The van der Waals surface area contributed by atoms with Gasteiger partial charge in [0.05, 0.1) is 5.92 Å². The summed E-state index contributed by atoms with van der Waals surface area (Å²) in [6.07, 6.45) is 0.827. The summed E-state index contributed by atoms with van der Waals surface area (Å²) >= 11 is 0. The van der Waals surface area contributed by atoms with Crippen molar-refractivity contribution in [1.29, 1.82) is 0 Å². The van der Waals surface area contributed by atoms with Crippen LogP contribution in [-0.2, 0) is 19.1 Å². The smallest absolute Gasteiger partial charge is 0.314 e. The molecular weight excluding hydrogens is 312 g/mol. The predicted molar refractivity (Wildman–Crippen MR) is 84.4 cm³/mol. The Morgan fingerprint density at radius 3 is 2.29 bits per heavy atom. The maximum Gasteiger partial charge on any atom is 0.314 e. The van der Waals surface area contributed by atoms with Crippen molar-refractivity contribution in [2.24, 2.45) is 17.8 Å². The van der Waals surface area contributed by atoms with Crippen molar-refractivity contribution in [1.82, 2.24) is 0 Å². The number of hydrogen-bond acceptors (Lipinski definition) is 5. The quantitative estimate of drug-likeness (QED) is 0.445. The van der Waals surface area contributed by atoms with Crippen LogP contribution in [0.5, 0.6) is 0 Å². The SMILES string of the molecule is CCC(C(=O)O)C(=O)C1CC(C(=O)OCC(=O)c2ccccc2)C1. The molecule has 2 rings (SSSR count). The van der Waals surface area contributed by atoms with E-state index in [0.717, 1.165) is 0 Å². The maximum absolute atomic E-state index is 12.0. The van der Waals surface area contributed by atoms with Crippen LogP contribution in [0.2, 0.25) is 0 Å². The molecule has 0 heterocycles. The van der Waals surface area contributed by atoms with Gasteiger partial charge in [-0.25, -0.2) is 0 Å². The first-order chi connectivity index (χ1) is 11.4. The molecule has 1 N–H and O–H groups in total. The van der Waals surface area contributed by atoms with Gasteiger partial charge >= 0.3 is 11.9 Å². The summed E-state index contributed by atoms with van der Waals surface area (Å²) in [5, 5.41) is 8.99. The molecule has 0 spiro atoms. The number of carbonyl (C=O) groups excluding carboxylic acids is 3. The van der Waals surface area contributed by atoms with Crippen LogP contribution in [0.25, 0.3) is 0 Å². The average Bonchev–Trinajstić information content (AvgIpc) is 2.52. The van der Waals surface area contributed by atoms with Crippen molar-refractivity contribution in [2.75, 3.05) is 6.61 Å². The fraction of sp³-hybridized carbons (Fsp3) is 0.444. The second-order valence-electron chi connectivity index (χ2n) is 5.96. The van der Waals surface area contributed by atoms with Gasteiger partial charge < -0.3 is 9.84 Å². The summed E-state index contributed by atoms with van der Waals surface area (Å²) in [5.74, 6) is -4.09. The molecule has 1 aromatic carbocycles. The molecule has 0 amide bonds. The molecule has 1 saturated carbocycles. The van der Waals surface area contributed by atoms with Crippen LogP contribution in [-0.4, -0.2) is 35.2 Å². The molecule has 6 heteroatoms. The zero-order valence-corrected chi connectivity index (χ0v) is 13.4. The Bertz CT molecular complexity index is 630. The first-order valence-corrected chi connectivity index (χ1v) is 7.95. The molecule has 1 fully saturated rings. The Kier molecular flexibility index (Phi) is 5.84. The van der Waals surface area contributed by atoms with E-state index in [1.807, 2.05) is 0 Å². The highest BCUT2D eigenvalue weighted by atomic mass is 16.5. The first-order valence-electron chi connectivity index (χ1n) is 7.95. The van der Waals surface area contributed by atoms with Crippen LogP contribution in [0.1, 0.15) is 36.5 Å². The second kappa shape index (κ2) is 7.86. The summed E-state index contributed by atoms with van der Waals surface area (Å²) in [6, 6.07) is 8.53. The molecule has 1 unspecified atom stereocenters.